The van der Waals surface area contributed by atoms with Gasteiger partial charge in [0.2, 0.25) is 0 Å². The fourth-order valence-electron chi connectivity index (χ4n) is 3.12. The first kappa shape index (κ1) is 29.5. The first-order chi connectivity index (χ1) is 17.2. The van der Waals surface area contributed by atoms with Gasteiger partial charge >= 0.3 is 18.1 Å². The second kappa shape index (κ2) is 12.5. The Morgan fingerprint density at radius 2 is 1.59 bits per heavy atom. The number of ether oxygens (including phenoxy) is 1. The molecule has 37 heavy (non-hydrogen) atoms. The Labute approximate surface area is 211 Å². The Kier molecular flexibility index (Phi) is 10.00. The number of carbonyl (C=O) groups is 2. The van der Waals surface area contributed by atoms with E-state index < -0.39 is 34.2 Å². The summed E-state index contributed by atoms with van der Waals surface area (Å²) in [6.07, 6.45) is -3.58. The third-order valence-corrected chi connectivity index (χ3v) is 6.68. The van der Waals surface area contributed by atoms with Crippen LogP contribution < -0.4 is 5.73 Å². The van der Waals surface area contributed by atoms with Crippen molar-refractivity contribution in [2.75, 3.05) is 6.61 Å². The number of nitrogens with two attached hydrogens (primary N) is 1. The lowest BCUT2D eigenvalue weighted by Gasteiger charge is -2.17. The highest BCUT2D eigenvalue weighted by atomic mass is 32.2. The maximum absolute atomic E-state index is 13.1. The number of alkyl halides is 3. The van der Waals surface area contributed by atoms with E-state index in [-0.39, 0.29) is 29.2 Å². The fourth-order valence-corrected chi connectivity index (χ4v) is 4.54. The fraction of sp³-hybridized carbons (Fsp3) is 0.250. The lowest BCUT2D eigenvalue weighted by atomic mass is 10.1. The standard InChI is InChI=1S/C22H24N2O5S.C2HF3O2/c1-16-7-9-18(10-8-16)30(27,28)24-13-11-19(22(25)26)21(24)20(23)12-14-29-15-17-5-3-2-4-6-17;3-2(4,5)1(6)7/h2-11,13,20H,12,14-15,23H2,1H3,(H,25,26);(H,6,7)/t20-;/m1./s1. The van der Waals surface area contributed by atoms with Crippen LogP contribution in [0.25, 0.3) is 0 Å². The summed E-state index contributed by atoms with van der Waals surface area (Å²) in [5.74, 6) is -3.99. The van der Waals surface area contributed by atoms with Crippen molar-refractivity contribution in [2.24, 2.45) is 5.73 Å². The topological polar surface area (TPSA) is 149 Å². The third kappa shape index (κ3) is 8.17. The average molecular weight is 543 g/mol. The van der Waals surface area contributed by atoms with Crippen LogP contribution in [0.2, 0.25) is 0 Å². The van der Waals surface area contributed by atoms with Crippen molar-refractivity contribution in [3.05, 3.63) is 89.2 Å². The molecule has 0 aliphatic rings. The van der Waals surface area contributed by atoms with Gasteiger partial charge in [-0.1, -0.05) is 48.0 Å². The van der Waals surface area contributed by atoms with Gasteiger partial charge in [0.15, 0.2) is 0 Å². The van der Waals surface area contributed by atoms with Gasteiger partial charge < -0.3 is 20.7 Å². The number of nitrogens with zero attached hydrogens (tertiary/aromatic N) is 1. The van der Waals surface area contributed by atoms with Crippen LogP contribution in [-0.2, 0) is 26.2 Å². The van der Waals surface area contributed by atoms with E-state index in [1.54, 1.807) is 12.1 Å². The maximum Gasteiger partial charge on any atom is 0.490 e. The largest absolute Gasteiger partial charge is 0.490 e. The van der Waals surface area contributed by atoms with Crippen molar-refractivity contribution < 1.29 is 46.1 Å². The van der Waals surface area contributed by atoms with Crippen LogP contribution in [0.4, 0.5) is 13.2 Å². The van der Waals surface area contributed by atoms with E-state index >= 15 is 0 Å². The van der Waals surface area contributed by atoms with E-state index in [1.165, 1.54) is 24.4 Å². The molecule has 0 amide bonds. The molecule has 3 rings (SSSR count). The second-order valence-electron chi connectivity index (χ2n) is 7.77. The number of aromatic carboxylic acids is 1. The molecule has 1 atom stereocenters. The number of aryl methyl sites for hydroxylation is 1. The molecular weight excluding hydrogens is 517 g/mol. The van der Waals surface area contributed by atoms with E-state index in [1.807, 2.05) is 37.3 Å². The molecule has 9 nitrogen and oxygen atoms in total. The summed E-state index contributed by atoms with van der Waals surface area (Å²) in [7, 11) is -3.99. The van der Waals surface area contributed by atoms with Crippen molar-refractivity contribution in [2.45, 2.75) is 37.1 Å². The smallest absolute Gasteiger partial charge is 0.478 e. The van der Waals surface area contributed by atoms with Crippen LogP contribution in [0.5, 0.6) is 0 Å². The van der Waals surface area contributed by atoms with Crippen LogP contribution in [0.15, 0.2) is 71.8 Å². The number of hydrogen-bond donors (Lipinski definition) is 3. The zero-order chi connectivity index (χ0) is 27.8. The minimum atomic E-state index is -5.08. The molecule has 1 heterocycles. The molecule has 4 N–H and O–H groups in total. The zero-order valence-corrected chi connectivity index (χ0v) is 20.4. The van der Waals surface area contributed by atoms with Crippen molar-refractivity contribution in [3.63, 3.8) is 0 Å². The number of carboxylic acids is 2. The molecule has 200 valence electrons. The quantitative estimate of drug-likeness (QED) is 0.344. The summed E-state index contributed by atoms with van der Waals surface area (Å²) in [5, 5.41) is 16.7. The predicted molar refractivity (Wildman–Crippen MR) is 126 cm³/mol. The first-order valence-electron chi connectivity index (χ1n) is 10.7. The lowest BCUT2D eigenvalue weighted by molar-refractivity contribution is -0.192. The van der Waals surface area contributed by atoms with Gasteiger partial charge in [0.1, 0.15) is 0 Å². The molecule has 0 bridgehead atoms. The summed E-state index contributed by atoms with van der Waals surface area (Å²) in [5.41, 5.74) is 8.04. The van der Waals surface area contributed by atoms with Gasteiger partial charge in [-0.05, 0) is 37.1 Å². The SMILES string of the molecule is Cc1ccc(S(=O)(=O)n2ccc(C(=O)O)c2[C@H](N)CCOCc2ccccc2)cc1.O=C(O)C(F)(F)F. The van der Waals surface area contributed by atoms with Crippen LogP contribution in [0.1, 0.15) is 39.6 Å². The highest BCUT2D eigenvalue weighted by molar-refractivity contribution is 7.90. The second-order valence-corrected chi connectivity index (χ2v) is 9.58. The van der Waals surface area contributed by atoms with Gasteiger partial charge in [0.25, 0.3) is 10.0 Å². The number of aliphatic carboxylic acids is 1. The Hall–Kier alpha value is -3.68. The molecule has 1 aromatic heterocycles. The van der Waals surface area contributed by atoms with Gasteiger partial charge in [0.05, 0.1) is 22.8 Å². The number of carboxylic acid groups (broad SMARTS) is 2. The Morgan fingerprint density at radius 1 is 1.03 bits per heavy atom. The average Bonchev–Trinajstić information content (AvgIpc) is 3.29. The van der Waals surface area contributed by atoms with Crippen molar-refractivity contribution in [3.8, 4) is 0 Å². The number of benzene rings is 2. The molecule has 0 aliphatic carbocycles. The van der Waals surface area contributed by atoms with E-state index in [0.717, 1.165) is 15.1 Å². The molecular formula is C24H25F3N2O7S. The van der Waals surface area contributed by atoms with Gasteiger partial charge in [-0.3, -0.25) is 0 Å². The van der Waals surface area contributed by atoms with Gasteiger partial charge in [-0.2, -0.15) is 13.2 Å². The molecule has 0 aliphatic heterocycles. The highest BCUT2D eigenvalue weighted by Gasteiger charge is 2.38. The Bertz CT molecular complexity index is 1310. The van der Waals surface area contributed by atoms with E-state index in [4.69, 9.17) is 20.4 Å². The molecule has 2 aromatic carbocycles. The molecule has 0 saturated carbocycles. The monoisotopic (exact) mass is 542 g/mol. The highest BCUT2D eigenvalue weighted by Crippen LogP contribution is 2.26. The van der Waals surface area contributed by atoms with Crippen molar-refractivity contribution in [1.29, 1.82) is 0 Å². The molecule has 0 saturated heterocycles. The molecule has 0 spiro atoms. The zero-order valence-electron chi connectivity index (χ0n) is 19.6. The summed E-state index contributed by atoms with van der Waals surface area (Å²) >= 11 is 0. The molecule has 0 fully saturated rings. The van der Waals surface area contributed by atoms with E-state index in [9.17, 15) is 31.5 Å². The number of hydrogen-bond acceptors (Lipinski definition) is 6. The third-order valence-electron chi connectivity index (χ3n) is 4.98. The Balaban J connectivity index is 0.000000604. The summed E-state index contributed by atoms with van der Waals surface area (Å²) in [6, 6.07) is 16.4. The Morgan fingerprint density at radius 3 is 2.11 bits per heavy atom. The summed E-state index contributed by atoms with van der Waals surface area (Å²) in [4.78, 5) is 20.6. The van der Waals surface area contributed by atoms with Gasteiger partial charge in [0, 0.05) is 18.8 Å². The maximum atomic E-state index is 13.1. The predicted octanol–water partition coefficient (Wildman–Crippen LogP) is 3.97. The van der Waals surface area contributed by atoms with E-state index in [0.29, 0.717) is 6.61 Å². The minimum Gasteiger partial charge on any atom is -0.478 e. The normalized spacial score (nSPS) is 12.4. The first-order valence-corrected chi connectivity index (χ1v) is 12.1. The van der Waals surface area contributed by atoms with Crippen LogP contribution in [0, 0.1) is 6.92 Å². The van der Waals surface area contributed by atoms with Crippen molar-refractivity contribution >= 4 is 22.0 Å². The molecule has 0 radical (unpaired) electrons. The van der Waals surface area contributed by atoms with Crippen molar-refractivity contribution in [1.82, 2.24) is 3.97 Å². The van der Waals surface area contributed by atoms with Crippen LogP contribution >= 0.6 is 0 Å². The van der Waals surface area contributed by atoms with Gasteiger partial charge in [-0.25, -0.2) is 22.0 Å². The summed E-state index contributed by atoms with van der Waals surface area (Å²) < 4.78 is 64.5. The summed E-state index contributed by atoms with van der Waals surface area (Å²) in [6.45, 7) is 2.50. The number of aromatic nitrogens is 1. The number of halogens is 3. The van der Waals surface area contributed by atoms with Crippen LogP contribution in [-0.4, -0.2) is 47.3 Å². The van der Waals surface area contributed by atoms with E-state index in [2.05, 4.69) is 0 Å². The number of rotatable bonds is 9. The molecule has 3 aromatic rings. The lowest BCUT2D eigenvalue weighted by Crippen LogP contribution is -2.24. The molecule has 0 unspecified atom stereocenters. The van der Waals surface area contributed by atoms with Gasteiger partial charge in [-0.15, -0.1) is 0 Å². The minimum absolute atomic E-state index is 0.0337. The molecule has 13 heteroatoms. The van der Waals surface area contributed by atoms with Crippen LogP contribution in [0.3, 0.4) is 0 Å².